The summed E-state index contributed by atoms with van der Waals surface area (Å²) in [5.74, 6) is 0. The van der Waals surface area contributed by atoms with Gasteiger partial charge in [0.15, 0.2) is 0 Å². The van der Waals surface area contributed by atoms with E-state index in [-0.39, 0.29) is 5.56 Å². The molecule has 0 spiro atoms. The summed E-state index contributed by atoms with van der Waals surface area (Å²) in [6, 6.07) is 11.4. The van der Waals surface area contributed by atoms with E-state index in [9.17, 15) is 4.79 Å². The average molecular weight is 216 g/mol. The van der Waals surface area contributed by atoms with Gasteiger partial charge in [-0.2, -0.15) is 0 Å². The third kappa shape index (κ3) is 1.81. The molecule has 0 N–H and O–H groups in total. The molecule has 16 heavy (non-hydrogen) atoms. The fourth-order valence-corrected chi connectivity index (χ4v) is 1.93. The number of aromatic nitrogens is 2. The molecular formula is C13H16N2O. The fourth-order valence-electron chi connectivity index (χ4n) is 1.93. The summed E-state index contributed by atoms with van der Waals surface area (Å²) in [5, 5.41) is 0. The Kier molecular flexibility index (Phi) is 2.95. The van der Waals surface area contributed by atoms with Crippen LogP contribution in [0, 0.1) is 0 Å². The molecule has 3 heteroatoms. The smallest absolute Gasteiger partial charge is 0.271 e. The third-order valence-electron chi connectivity index (χ3n) is 2.72. The molecule has 0 amide bonds. The van der Waals surface area contributed by atoms with Crippen LogP contribution in [-0.2, 0) is 13.5 Å². The van der Waals surface area contributed by atoms with E-state index in [0.29, 0.717) is 0 Å². The van der Waals surface area contributed by atoms with Crippen molar-refractivity contribution < 1.29 is 0 Å². The zero-order valence-corrected chi connectivity index (χ0v) is 9.68. The second-order valence-corrected chi connectivity index (χ2v) is 3.89. The summed E-state index contributed by atoms with van der Waals surface area (Å²) in [5.41, 5.74) is 2.03. The van der Waals surface area contributed by atoms with E-state index >= 15 is 0 Å². The van der Waals surface area contributed by atoms with Crippen molar-refractivity contribution in [1.29, 1.82) is 0 Å². The van der Waals surface area contributed by atoms with E-state index in [4.69, 9.17) is 0 Å². The highest BCUT2D eigenvalue weighted by Gasteiger charge is 2.08. The predicted molar refractivity (Wildman–Crippen MR) is 65.0 cm³/mol. The van der Waals surface area contributed by atoms with Gasteiger partial charge in [-0.25, -0.2) is 4.68 Å². The van der Waals surface area contributed by atoms with Crippen LogP contribution in [0.3, 0.4) is 0 Å². The average Bonchev–Trinajstić information content (AvgIpc) is 2.56. The number of hydrogen-bond donors (Lipinski definition) is 0. The van der Waals surface area contributed by atoms with Crippen LogP contribution in [0.5, 0.6) is 0 Å². The minimum atomic E-state index is 0.0390. The Morgan fingerprint density at radius 1 is 1.19 bits per heavy atom. The van der Waals surface area contributed by atoms with E-state index in [2.05, 4.69) is 6.92 Å². The maximum Gasteiger partial charge on any atom is 0.271 e. The second-order valence-electron chi connectivity index (χ2n) is 3.89. The standard InChI is InChI=1S/C13H16N2O/c1-3-7-12-10-13(16)15(14(12)2)11-8-5-4-6-9-11/h4-6,8-10H,3,7H2,1-2H3. The summed E-state index contributed by atoms with van der Waals surface area (Å²) in [4.78, 5) is 11.9. The zero-order chi connectivity index (χ0) is 11.5. The summed E-state index contributed by atoms with van der Waals surface area (Å²) in [6.07, 6.45) is 1.98. The first-order chi connectivity index (χ1) is 7.74. The Balaban J connectivity index is 2.54. The van der Waals surface area contributed by atoms with E-state index in [1.165, 1.54) is 0 Å². The van der Waals surface area contributed by atoms with Gasteiger partial charge in [-0.15, -0.1) is 0 Å². The van der Waals surface area contributed by atoms with Gasteiger partial charge in [0.05, 0.1) is 5.69 Å². The highest BCUT2D eigenvalue weighted by Crippen LogP contribution is 2.07. The maximum atomic E-state index is 11.9. The van der Waals surface area contributed by atoms with Gasteiger partial charge in [-0.05, 0) is 18.6 Å². The van der Waals surface area contributed by atoms with Crippen LogP contribution < -0.4 is 5.56 Å². The lowest BCUT2D eigenvalue weighted by atomic mass is 10.2. The lowest BCUT2D eigenvalue weighted by molar-refractivity contribution is 0.610. The van der Waals surface area contributed by atoms with Gasteiger partial charge >= 0.3 is 0 Å². The Morgan fingerprint density at radius 2 is 1.88 bits per heavy atom. The number of hydrogen-bond acceptors (Lipinski definition) is 1. The van der Waals surface area contributed by atoms with Crippen LogP contribution in [0.15, 0.2) is 41.2 Å². The number of benzene rings is 1. The van der Waals surface area contributed by atoms with Gasteiger partial charge in [0.2, 0.25) is 0 Å². The Bertz CT molecular complexity index is 523. The second kappa shape index (κ2) is 4.39. The molecule has 0 saturated heterocycles. The van der Waals surface area contributed by atoms with Crippen LogP contribution in [-0.4, -0.2) is 9.36 Å². The van der Waals surface area contributed by atoms with E-state index < -0.39 is 0 Å². The SMILES string of the molecule is CCCc1cc(=O)n(-c2ccccc2)n1C. The molecule has 0 aliphatic heterocycles. The normalized spacial score (nSPS) is 10.6. The molecule has 2 aromatic rings. The minimum absolute atomic E-state index is 0.0390. The van der Waals surface area contributed by atoms with Gasteiger partial charge in [0, 0.05) is 18.8 Å². The Morgan fingerprint density at radius 3 is 2.50 bits per heavy atom. The van der Waals surface area contributed by atoms with E-state index in [0.717, 1.165) is 24.2 Å². The number of aryl methyl sites for hydroxylation is 1. The maximum absolute atomic E-state index is 11.9. The Hall–Kier alpha value is -1.77. The molecule has 2 rings (SSSR count). The third-order valence-corrected chi connectivity index (χ3v) is 2.72. The quantitative estimate of drug-likeness (QED) is 0.772. The highest BCUT2D eigenvalue weighted by atomic mass is 16.1. The first-order valence-corrected chi connectivity index (χ1v) is 5.57. The summed E-state index contributed by atoms with van der Waals surface area (Å²) in [6.45, 7) is 2.12. The summed E-state index contributed by atoms with van der Waals surface area (Å²) >= 11 is 0. The highest BCUT2D eigenvalue weighted by molar-refractivity contribution is 5.31. The minimum Gasteiger partial charge on any atom is -0.285 e. The van der Waals surface area contributed by atoms with Crippen molar-refractivity contribution in [3.8, 4) is 5.69 Å². The predicted octanol–water partition coefficient (Wildman–Crippen LogP) is 2.13. The molecule has 1 aromatic heterocycles. The monoisotopic (exact) mass is 216 g/mol. The lowest BCUT2D eigenvalue weighted by Crippen LogP contribution is -2.19. The summed E-state index contributed by atoms with van der Waals surface area (Å²) < 4.78 is 3.63. The van der Waals surface area contributed by atoms with Crippen LogP contribution in [0.1, 0.15) is 19.0 Å². The molecule has 0 radical (unpaired) electrons. The van der Waals surface area contributed by atoms with Crippen molar-refractivity contribution in [3.63, 3.8) is 0 Å². The molecule has 0 aliphatic rings. The first-order valence-electron chi connectivity index (χ1n) is 5.57. The van der Waals surface area contributed by atoms with Crippen LogP contribution in [0.2, 0.25) is 0 Å². The molecule has 0 saturated carbocycles. The van der Waals surface area contributed by atoms with Crippen molar-refractivity contribution in [3.05, 3.63) is 52.4 Å². The van der Waals surface area contributed by atoms with Gasteiger partial charge in [0.1, 0.15) is 0 Å². The topological polar surface area (TPSA) is 26.9 Å². The van der Waals surface area contributed by atoms with Crippen LogP contribution in [0.25, 0.3) is 5.69 Å². The van der Waals surface area contributed by atoms with E-state index in [1.54, 1.807) is 10.7 Å². The molecule has 0 fully saturated rings. The molecular weight excluding hydrogens is 200 g/mol. The van der Waals surface area contributed by atoms with Crippen molar-refractivity contribution in [1.82, 2.24) is 9.36 Å². The van der Waals surface area contributed by atoms with Gasteiger partial charge in [-0.3, -0.25) is 9.48 Å². The molecule has 0 atom stereocenters. The number of rotatable bonds is 3. The molecule has 0 unspecified atom stereocenters. The van der Waals surface area contributed by atoms with Gasteiger partial charge < -0.3 is 0 Å². The molecule has 0 bridgehead atoms. The molecule has 84 valence electrons. The number of para-hydroxylation sites is 1. The van der Waals surface area contributed by atoms with Crippen molar-refractivity contribution in [2.45, 2.75) is 19.8 Å². The number of nitrogens with zero attached hydrogens (tertiary/aromatic N) is 2. The lowest BCUT2D eigenvalue weighted by Gasteiger charge is -2.09. The van der Waals surface area contributed by atoms with Crippen LogP contribution in [0.4, 0.5) is 0 Å². The molecule has 1 heterocycles. The zero-order valence-electron chi connectivity index (χ0n) is 9.68. The van der Waals surface area contributed by atoms with Crippen molar-refractivity contribution >= 4 is 0 Å². The van der Waals surface area contributed by atoms with Gasteiger partial charge in [0.25, 0.3) is 5.56 Å². The molecule has 1 aromatic carbocycles. The van der Waals surface area contributed by atoms with Gasteiger partial charge in [-0.1, -0.05) is 31.5 Å². The van der Waals surface area contributed by atoms with Crippen LogP contribution >= 0.6 is 0 Å². The van der Waals surface area contributed by atoms with Crippen molar-refractivity contribution in [2.75, 3.05) is 0 Å². The summed E-state index contributed by atoms with van der Waals surface area (Å²) in [7, 11) is 1.93. The first kappa shape index (κ1) is 10.7. The van der Waals surface area contributed by atoms with Crippen molar-refractivity contribution in [2.24, 2.45) is 7.05 Å². The van der Waals surface area contributed by atoms with E-state index in [1.807, 2.05) is 42.1 Å². The molecule has 0 aliphatic carbocycles. The molecule has 3 nitrogen and oxygen atoms in total. The Labute approximate surface area is 94.9 Å². The fraction of sp³-hybridized carbons (Fsp3) is 0.308. The largest absolute Gasteiger partial charge is 0.285 e.